The Morgan fingerprint density at radius 2 is 2.00 bits per heavy atom. The fourth-order valence-electron chi connectivity index (χ4n) is 2.22. The molecule has 0 amide bonds. The fraction of sp³-hybridized carbons (Fsp3) is 0.538. The second-order valence-electron chi connectivity index (χ2n) is 5.10. The Labute approximate surface area is 123 Å². The maximum Gasteiger partial charge on any atom is 0.153 e. The van der Waals surface area contributed by atoms with Crippen LogP contribution in [-0.4, -0.2) is 39.1 Å². The quantitative estimate of drug-likeness (QED) is 0.902. The van der Waals surface area contributed by atoms with E-state index in [1.165, 1.54) is 5.56 Å². The van der Waals surface area contributed by atoms with Crippen LogP contribution in [0.15, 0.2) is 22.7 Å². The van der Waals surface area contributed by atoms with Crippen LogP contribution < -0.4 is 10.6 Å². The van der Waals surface area contributed by atoms with Gasteiger partial charge >= 0.3 is 0 Å². The number of nitrogens with zero attached hydrogens (tertiary/aromatic N) is 1. The highest BCUT2D eigenvalue weighted by molar-refractivity contribution is 9.10. The van der Waals surface area contributed by atoms with Crippen molar-refractivity contribution < 1.29 is 8.42 Å². The summed E-state index contributed by atoms with van der Waals surface area (Å²) in [5, 5.41) is 0. The van der Waals surface area contributed by atoms with Gasteiger partial charge < -0.3 is 10.6 Å². The molecule has 1 aliphatic heterocycles. The van der Waals surface area contributed by atoms with Crippen LogP contribution in [-0.2, 0) is 16.3 Å². The first kappa shape index (κ1) is 14.8. The summed E-state index contributed by atoms with van der Waals surface area (Å²) < 4.78 is 23.9. The summed E-state index contributed by atoms with van der Waals surface area (Å²) in [7, 11) is -2.83. The zero-order chi connectivity index (χ0) is 14.0. The molecule has 1 saturated heterocycles. The summed E-state index contributed by atoms with van der Waals surface area (Å²) >= 11 is 3.56. The molecular formula is C13H19BrN2O2S. The normalized spacial score (nSPS) is 20.3. The number of benzene rings is 1. The molecule has 1 unspecified atom stereocenters. The van der Waals surface area contributed by atoms with E-state index in [1.807, 2.05) is 13.0 Å². The van der Waals surface area contributed by atoms with E-state index in [9.17, 15) is 8.42 Å². The highest BCUT2D eigenvalue weighted by Crippen LogP contribution is 2.26. The number of sulfone groups is 1. The van der Waals surface area contributed by atoms with Crippen molar-refractivity contribution in [3.8, 4) is 0 Å². The van der Waals surface area contributed by atoms with Gasteiger partial charge in [0.2, 0.25) is 0 Å². The molecule has 0 spiro atoms. The molecule has 0 aromatic heterocycles. The van der Waals surface area contributed by atoms with E-state index >= 15 is 0 Å². The zero-order valence-corrected chi connectivity index (χ0v) is 13.4. The van der Waals surface area contributed by atoms with Gasteiger partial charge in [0.25, 0.3) is 0 Å². The van der Waals surface area contributed by atoms with Gasteiger partial charge in [0, 0.05) is 29.3 Å². The Morgan fingerprint density at radius 1 is 1.37 bits per heavy atom. The average molecular weight is 347 g/mol. The first-order valence-corrected chi connectivity index (χ1v) is 8.98. The van der Waals surface area contributed by atoms with E-state index < -0.39 is 9.84 Å². The molecule has 1 fully saturated rings. The SMILES string of the molecule is CC(N)Cc1ccc(N2CCS(=O)(=O)CC2)cc1Br. The van der Waals surface area contributed by atoms with Crippen LogP contribution in [0.3, 0.4) is 0 Å². The van der Waals surface area contributed by atoms with Crippen molar-refractivity contribution >= 4 is 31.5 Å². The van der Waals surface area contributed by atoms with E-state index in [0.29, 0.717) is 13.1 Å². The molecule has 1 heterocycles. The molecule has 0 bridgehead atoms. The monoisotopic (exact) mass is 346 g/mol. The predicted molar refractivity (Wildman–Crippen MR) is 82.4 cm³/mol. The molecule has 1 atom stereocenters. The number of hydrogen-bond acceptors (Lipinski definition) is 4. The van der Waals surface area contributed by atoms with Crippen molar-refractivity contribution in [2.75, 3.05) is 29.5 Å². The lowest BCUT2D eigenvalue weighted by Crippen LogP contribution is -2.40. The minimum absolute atomic E-state index is 0.127. The van der Waals surface area contributed by atoms with E-state index in [4.69, 9.17) is 5.73 Å². The molecule has 0 aliphatic carbocycles. The minimum Gasteiger partial charge on any atom is -0.369 e. The molecule has 1 aliphatic rings. The van der Waals surface area contributed by atoms with E-state index in [0.717, 1.165) is 16.6 Å². The third-order valence-electron chi connectivity index (χ3n) is 3.29. The van der Waals surface area contributed by atoms with Crippen molar-refractivity contribution in [2.24, 2.45) is 5.73 Å². The standard InChI is InChI=1S/C13H19BrN2O2S/c1-10(15)8-11-2-3-12(9-13(11)14)16-4-6-19(17,18)7-5-16/h2-3,9-10H,4-8,15H2,1H3. The van der Waals surface area contributed by atoms with E-state index in [1.54, 1.807) is 0 Å². The van der Waals surface area contributed by atoms with Gasteiger partial charge in [0.1, 0.15) is 0 Å². The first-order chi connectivity index (χ1) is 8.87. The molecule has 1 aromatic carbocycles. The van der Waals surface area contributed by atoms with Crippen LogP contribution >= 0.6 is 15.9 Å². The van der Waals surface area contributed by atoms with Crippen molar-refractivity contribution in [2.45, 2.75) is 19.4 Å². The highest BCUT2D eigenvalue weighted by atomic mass is 79.9. The van der Waals surface area contributed by atoms with Gasteiger partial charge in [-0.2, -0.15) is 0 Å². The van der Waals surface area contributed by atoms with Crippen LogP contribution in [0.4, 0.5) is 5.69 Å². The Bertz CT molecular complexity index is 544. The topological polar surface area (TPSA) is 63.4 Å². The van der Waals surface area contributed by atoms with E-state index in [-0.39, 0.29) is 17.5 Å². The van der Waals surface area contributed by atoms with Crippen LogP contribution in [0.5, 0.6) is 0 Å². The summed E-state index contributed by atoms with van der Waals surface area (Å²) in [6.45, 7) is 3.12. The number of anilines is 1. The highest BCUT2D eigenvalue weighted by Gasteiger charge is 2.22. The lowest BCUT2D eigenvalue weighted by atomic mass is 10.1. The molecule has 2 N–H and O–H groups in total. The van der Waals surface area contributed by atoms with Crippen molar-refractivity contribution in [3.63, 3.8) is 0 Å². The summed E-state index contributed by atoms with van der Waals surface area (Å²) in [5.74, 6) is 0.485. The van der Waals surface area contributed by atoms with Gasteiger partial charge in [0.15, 0.2) is 9.84 Å². The molecular weight excluding hydrogens is 328 g/mol. The Morgan fingerprint density at radius 3 is 2.53 bits per heavy atom. The third-order valence-corrected chi connectivity index (χ3v) is 5.64. The molecule has 19 heavy (non-hydrogen) atoms. The Kier molecular flexibility index (Phi) is 4.53. The summed E-state index contributed by atoms with van der Waals surface area (Å²) in [6, 6.07) is 6.28. The molecule has 1 aromatic rings. The molecule has 106 valence electrons. The maximum absolute atomic E-state index is 11.4. The molecule has 0 radical (unpaired) electrons. The lowest BCUT2D eigenvalue weighted by molar-refractivity contribution is 0.587. The van der Waals surface area contributed by atoms with Crippen molar-refractivity contribution in [3.05, 3.63) is 28.2 Å². The van der Waals surface area contributed by atoms with Gasteiger partial charge in [-0.25, -0.2) is 8.42 Å². The second kappa shape index (κ2) is 5.81. The Balaban J connectivity index is 2.12. The molecule has 6 heteroatoms. The minimum atomic E-state index is -2.83. The molecule has 0 saturated carbocycles. The average Bonchev–Trinajstić information content (AvgIpc) is 2.31. The van der Waals surface area contributed by atoms with Gasteiger partial charge in [-0.15, -0.1) is 0 Å². The summed E-state index contributed by atoms with van der Waals surface area (Å²) in [6.07, 6.45) is 0.829. The van der Waals surface area contributed by atoms with Crippen LogP contribution in [0, 0.1) is 0 Å². The summed E-state index contributed by atoms with van der Waals surface area (Å²) in [5.41, 5.74) is 8.05. The number of hydrogen-bond donors (Lipinski definition) is 1. The van der Waals surface area contributed by atoms with Crippen molar-refractivity contribution in [1.29, 1.82) is 0 Å². The second-order valence-corrected chi connectivity index (χ2v) is 8.25. The van der Waals surface area contributed by atoms with Gasteiger partial charge in [-0.05, 0) is 31.0 Å². The lowest BCUT2D eigenvalue weighted by Gasteiger charge is -2.29. The number of nitrogens with two attached hydrogens (primary N) is 1. The largest absolute Gasteiger partial charge is 0.369 e. The first-order valence-electron chi connectivity index (χ1n) is 6.37. The number of rotatable bonds is 3. The maximum atomic E-state index is 11.4. The Hall–Kier alpha value is -0.590. The van der Waals surface area contributed by atoms with Gasteiger partial charge in [-0.1, -0.05) is 22.0 Å². The fourth-order valence-corrected chi connectivity index (χ4v) is 3.95. The van der Waals surface area contributed by atoms with Crippen LogP contribution in [0.2, 0.25) is 0 Å². The van der Waals surface area contributed by atoms with Crippen LogP contribution in [0.25, 0.3) is 0 Å². The van der Waals surface area contributed by atoms with Gasteiger partial charge in [0.05, 0.1) is 11.5 Å². The van der Waals surface area contributed by atoms with Crippen molar-refractivity contribution in [1.82, 2.24) is 0 Å². The van der Waals surface area contributed by atoms with Crippen LogP contribution in [0.1, 0.15) is 12.5 Å². The predicted octanol–water partition coefficient (Wildman–Crippen LogP) is 1.57. The molecule has 4 nitrogen and oxygen atoms in total. The zero-order valence-electron chi connectivity index (χ0n) is 11.0. The smallest absolute Gasteiger partial charge is 0.153 e. The van der Waals surface area contributed by atoms with E-state index in [2.05, 4.69) is 33.0 Å². The molecule has 2 rings (SSSR count). The summed E-state index contributed by atoms with van der Waals surface area (Å²) in [4.78, 5) is 2.11. The third kappa shape index (κ3) is 3.94. The van der Waals surface area contributed by atoms with Gasteiger partial charge in [-0.3, -0.25) is 0 Å². The number of halogens is 1.